The van der Waals surface area contributed by atoms with E-state index in [9.17, 15) is 14.4 Å². The standard InChI is InChI=1S/C17H19NO7/c1-3-23-9-12-11-6-4-5-7-13(11)25-16(12)17(21)24-10-14(19)18-8-15(20)22-2/h4-7H,3,8-10H2,1-2H3,(H,18,19). The van der Waals surface area contributed by atoms with E-state index in [0.717, 1.165) is 5.39 Å². The van der Waals surface area contributed by atoms with Crippen LogP contribution in [0.2, 0.25) is 0 Å². The first kappa shape index (κ1) is 18.5. The lowest BCUT2D eigenvalue weighted by Gasteiger charge is -2.06. The lowest BCUT2D eigenvalue weighted by Crippen LogP contribution is -2.33. The molecule has 0 aliphatic rings. The molecule has 0 unspecified atom stereocenters. The second-order valence-corrected chi connectivity index (χ2v) is 4.97. The highest BCUT2D eigenvalue weighted by Gasteiger charge is 2.22. The number of hydrogen-bond donors (Lipinski definition) is 1. The molecule has 0 bridgehead atoms. The van der Waals surface area contributed by atoms with Crippen molar-refractivity contribution < 1.29 is 33.0 Å². The number of benzene rings is 1. The molecule has 1 aromatic heterocycles. The first-order valence-corrected chi connectivity index (χ1v) is 7.65. The van der Waals surface area contributed by atoms with Crippen LogP contribution in [-0.4, -0.2) is 44.7 Å². The maximum atomic E-state index is 12.3. The molecule has 0 spiro atoms. The molecule has 0 atom stereocenters. The van der Waals surface area contributed by atoms with Crippen LogP contribution in [-0.2, 0) is 30.4 Å². The predicted molar refractivity (Wildman–Crippen MR) is 86.9 cm³/mol. The molecule has 1 aromatic carbocycles. The number of rotatable bonds is 8. The number of carbonyl (C=O) groups excluding carboxylic acids is 3. The number of ether oxygens (including phenoxy) is 3. The highest BCUT2D eigenvalue weighted by atomic mass is 16.5. The average Bonchev–Trinajstić information content (AvgIpc) is 3.01. The molecule has 0 saturated heterocycles. The Bertz CT molecular complexity index is 765. The largest absolute Gasteiger partial charge is 0.468 e. The molecule has 0 saturated carbocycles. The van der Waals surface area contributed by atoms with Crippen LogP contribution in [0.3, 0.4) is 0 Å². The highest BCUT2D eigenvalue weighted by molar-refractivity contribution is 5.97. The SMILES string of the molecule is CCOCc1c(C(=O)OCC(=O)NCC(=O)OC)oc2ccccc12. The van der Waals surface area contributed by atoms with E-state index >= 15 is 0 Å². The maximum absolute atomic E-state index is 12.3. The third kappa shape index (κ3) is 4.80. The molecule has 0 fully saturated rings. The van der Waals surface area contributed by atoms with Crippen LogP contribution < -0.4 is 5.32 Å². The molecule has 1 N–H and O–H groups in total. The molecule has 0 aliphatic carbocycles. The number of carbonyl (C=O) groups is 3. The monoisotopic (exact) mass is 349 g/mol. The van der Waals surface area contributed by atoms with E-state index in [2.05, 4.69) is 10.1 Å². The number of para-hydroxylation sites is 1. The molecule has 0 radical (unpaired) electrons. The Morgan fingerprint density at radius 2 is 1.96 bits per heavy atom. The summed E-state index contributed by atoms with van der Waals surface area (Å²) in [7, 11) is 1.20. The van der Waals surface area contributed by atoms with Crippen LogP contribution in [0.25, 0.3) is 11.0 Å². The van der Waals surface area contributed by atoms with Crippen molar-refractivity contribution in [2.75, 3.05) is 26.9 Å². The summed E-state index contributed by atoms with van der Waals surface area (Å²) >= 11 is 0. The van der Waals surface area contributed by atoms with Crippen molar-refractivity contribution in [1.82, 2.24) is 5.32 Å². The molecule has 25 heavy (non-hydrogen) atoms. The second-order valence-electron chi connectivity index (χ2n) is 4.97. The number of amides is 1. The van der Waals surface area contributed by atoms with Crippen molar-refractivity contribution in [2.24, 2.45) is 0 Å². The first-order chi connectivity index (χ1) is 12.1. The topological polar surface area (TPSA) is 104 Å². The molecule has 8 heteroatoms. The van der Waals surface area contributed by atoms with E-state index in [1.165, 1.54) is 7.11 Å². The van der Waals surface area contributed by atoms with Crippen LogP contribution in [0, 0.1) is 0 Å². The van der Waals surface area contributed by atoms with Gasteiger partial charge in [0.2, 0.25) is 5.76 Å². The van der Waals surface area contributed by atoms with Gasteiger partial charge in [-0.05, 0) is 13.0 Å². The van der Waals surface area contributed by atoms with Crippen LogP contribution in [0.5, 0.6) is 0 Å². The Morgan fingerprint density at radius 1 is 1.20 bits per heavy atom. The van der Waals surface area contributed by atoms with Gasteiger partial charge in [-0.25, -0.2) is 4.79 Å². The van der Waals surface area contributed by atoms with Gasteiger partial charge in [-0.15, -0.1) is 0 Å². The molecule has 0 aliphatic heterocycles. The molecule has 1 amide bonds. The van der Waals surface area contributed by atoms with Gasteiger partial charge in [-0.2, -0.15) is 0 Å². The number of nitrogens with one attached hydrogen (secondary N) is 1. The van der Waals surface area contributed by atoms with Gasteiger partial charge in [0.15, 0.2) is 6.61 Å². The summed E-state index contributed by atoms with van der Waals surface area (Å²) in [4.78, 5) is 34.8. The molecule has 134 valence electrons. The third-order valence-corrected chi connectivity index (χ3v) is 3.33. The summed E-state index contributed by atoms with van der Waals surface area (Å²) in [6, 6.07) is 7.14. The van der Waals surface area contributed by atoms with Gasteiger partial charge >= 0.3 is 11.9 Å². The fourth-order valence-corrected chi connectivity index (χ4v) is 2.10. The Balaban J connectivity index is 2.05. The van der Waals surface area contributed by atoms with Gasteiger partial charge in [0.05, 0.1) is 13.7 Å². The zero-order valence-electron chi connectivity index (χ0n) is 14.0. The van der Waals surface area contributed by atoms with Crippen molar-refractivity contribution in [3.05, 3.63) is 35.6 Å². The van der Waals surface area contributed by atoms with E-state index in [1.807, 2.05) is 19.1 Å². The number of hydrogen-bond acceptors (Lipinski definition) is 7. The van der Waals surface area contributed by atoms with E-state index in [4.69, 9.17) is 13.9 Å². The molecular weight excluding hydrogens is 330 g/mol. The Labute approximate surface area is 144 Å². The maximum Gasteiger partial charge on any atom is 0.375 e. The van der Waals surface area contributed by atoms with Gasteiger partial charge in [0.25, 0.3) is 5.91 Å². The minimum atomic E-state index is -0.779. The van der Waals surface area contributed by atoms with E-state index in [1.54, 1.807) is 12.1 Å². The number of esters is 2. The smallest absolute Gasteiger partial charge is 0.375 e. The number of methoxy groups -OCH3 is 1. The minimum absolute atomic E-state index is 0.00424. The van der Waals surface area contributed by atoms with Crippen molar-refractivity contribution >= 4 is 28.8 Å². The average molecular weight is 349 g/mol. The Kier molecular flexibility index (Phi) is 6.53. The second kappa shape index (κ2) is 8.84. The lowest BCUT2D eigenvalue weighted by atomic mass is 10.1. The highest BCUT2D eigenvalue weighted by Crippen LogP contribution is 2.27. The van der Waals surface area contributed by atoms with Gasteiger partial charge in [-0.1, -0.05) is 18.2 Å². The summed E-state index contributed by atoms with van der Waals surface area (Å²) in [5.41, 5.74) is 1.09. The van der Waals surface area contributed by atoms with Gasteiger partial charge < -0.3 is 23.9 Å². The van der Waals surface area contributed by atoms with Crippen LogP contribution in [0.4, 0.5) is 0 Å². The summed E-state index contributed by atoms with van der Waals surface area (Å²) in [5.74, 6) is -2.01. The van der Waals surface area contributed by atoms with Crippen molar-refractivity contribution in [2.45, 2.75) is 13.5 Å². The third-order valence-electron chi connectivity index (χ3n) is 3.33. The van der Waals surface area contributed by atoms with Gasteiger partial charge in [0.1, 0.15) is 12.1 Å². The van der Waals surface area contributed by atoms with Crippen LogP contribution in [0.15, 0.2) is 28.7 Å². The zero-order valence-corrected chi connectivity index (χ0v) is 14.0. The number of furan rings is 1. The summed E-state index contributed by atoms with van der Waals surface area (Å²) < 4.78 is 20.3. The van der Waals surface area contributed by atoms with Crippen LogP contribution >= 0.6 is 0 Å². The molecule has 1 heterocycles. The lowest BCUT2D eigenvalue weighted by molar-refractivity contribution is -0.141. The fraction of sp³-hybridized carbons (Fsp3) is 0.353. The molecule has 2 rings (SSSR count). The zero-order chi connectivity index (χ0) is 18.2. The van der Waals surface area contributed by atoms with Crippen LogP contribution in [0.1, 0.15) is 23.0 Å². The summed E-state index contributed by atoms with van der Waals surface area (Å²) in [5, 5.41) is 3.02. The van der Waals surface area contributed by atoms with E-state index < -0.39 is 24.5 Å². The first-order valence-electron chi connectivity index (χ1n) is 7.65. The summed E-state index contributed by atoms with van der Waals surface area (Å²) in [6.45, 7) is 1.66. The Morgan fingerprint density at radius 3 is 2.68 bits per heavy atom. The molecule has 8 nitrogen and oxygen atoms in total. The Hall–Kier alpha value is -2.87. The number of fused-ring (bicyclic) bond motifs is 1. The minimum Gasteiger partial charge on any atom is -0.468 e. The molecule has 2 aromatic rings. The van der Waals surface area contributed by atoms with Gasteiger partial charge in [0, 0.05) is 17.6 Å². The summed E-state index contributed by atoms with van der Waals surface area (Å²) in [6.07, 6.45) is 0. The predicted octanol–water partition coefficient (Wildman–Crippen LogP) is 1.42. The van der Waals surface area contributed by atoms with Crippen molar-refractivity contribution in [3.8, 4) is 0 Å². The van der Waals surface area contributed by atoms with Crippen molar-refractivity contribution in [3.63, 3.8) is 0 Å². The van der Waals surface area contributed by atoms with Crippen molar-refractivity contribution in [1.29, 1.82) is 0 Å². The van der Waals surface area contributed by atoms with E-state index in [0.29, 0.717) is 17.8 Å². The quantitative estimate of drug-likeness (QED) is 0.719. The molecular formula is C17H19NO7. The normalized spacial score (nSPS) is 10.5. The van der Waals surface area contributed by atoms with Gasteiger partial charge in [-0.3, -0.25) is 9.59 Å². The van der Waals surface area contributed by atoms with E-state index in [-0.39, 0.29) is 18.9 Å². The fourth-order valence-electron chi connectivity index (χ4n) is 2.10.